The molecule has 1 aromatic heterocycles. The van der Waals surface area contributed by atoms with Gasteiger partial charge < -0.3 is 10.0 Å². The molecule has 6 nitrogen and oxygen atoms in total. The van der Waals surface area contributed by atoms with Crippen molar-refractivity contribution in [2.45, 2.75) is 12.8 Å². The summed E-state index contributed by atoms with van der Waals surface area (Å²) in [7, 11) is 1.84. The molecule has 0 radical (unpaired) electrons. The van der Waals surface area contributed by atoms with Crippen LogP contribution in [0.2, 0.25) is 0 Å². The first-order valence-corrected chi connectivity index (χ1v) is 4.89. The van der Waals surface area contributed by atoms with Crippen LogP contribution in [0.1, 0.15) is 12.8 Å². The van der Waals surface area contributed by atoms with Gasteiger partial charge in [0.2, 0.25) is 5.95 Å². The number of aliphatic hydroxyl groups is 1. The predicted octanol–water partition coefficient (Wildman–Crippen LogP) is -0.581. The quantitative estimate of drug-likeness (QED) is 0.687. The van der Waals surface area contributed by atoms with Crippen molar-refractivity contribution in [1.82, 2.24) is 20.2 Å². The highest BCUT2D eigenvalue weighted by Gasteiger charge is 2.21. The molecule has 0 aliphatic carbocycles. The van der Waals surface area contributed by atoms with Crippen molar-refractivity contribution in [3.05, 3.63) is 0 Å². The van der Waals surface area contributed by atoms with Gasteiger partial charge in [-0.15, -0.1) is 0 Å². The number of aliphatic hydroxyl groups excluding tert-OH is 1. The topological polar surface area (TPSA) is 67.1 Å². The Morgan fingerprint density at radius 3 is 2.64 bits per heavy atom. The zero-order chi connectivity index (χ0) is 9.97. The number of hydrogen-bond donors (Lipinski definition) is 1. The Bertz CT molecular complexity index is 292. The lowest BCUT2D eigenvalue weighted by atomic mass is 9.98. The highest BCUT2D eigenvalue weighted by molar-refractivity contribution is 5.28. The lowest BCUT2D eigenvalue weighted by Gasteiger charge is -2.30. The number of aromatic nitrogens is 4. The minimum absolute atomic E-state index is 0.297. The van der Waals surface area contributed by atoms with Gasteiger partial charge in [-0.25, -0.2) is 4.68 Å². The largest absolute Gasteiger partial charge is 0.396 e. The Labute approximate surface area is 82.5 Å². The van der Waals surface area contributed by atoms with Crippen molar-refractivity contribution in [3.63, 3.8) is 0 Å². The van der Waals surface area contributed by atoms with E-state index in [0.29, 0.717) is 12.5 Å². The van der Waals surface area contributed by atoms with Gasteiger partial charge >= 0.3 is 0 Å². The van der Waals surface area contributed by atoms with Crippen molar-refractivity contribution < 1.29 is 5.11 Å². The second kappa shape index (κ2) is 3.91. The Balaban J connectivity index is 1.99. The van der Waals surface area contributed by atoms with Gasteiger partial charge in [-0.3, -0.25) is 0 Å². The number of tetrazole rings is 1. The number of rotatable bonds is 2. The summed E-state index contributed by atoms with van der Waals surface area (Å²) in [4.78, 5) is 2.16. The van der Waals surface area contributed by atoms with Gasteiger partial charge in [-0.2, -0.15) is 0 Å². The number of hydrogen-bond acceptors (Lipinski definition) is 5. The van der Waals surface area contributed by atoms with E-state index in [4.69, 9.17) is 5.11 Å². The first-order valence-electron chi connectivity index (χ1n) is 4.89. The Morgan fingerprint density at radius 2 is 2.14 bits per heavy atom. The molecule has 0 atom stereocenters. The van der Waals surface area contributed by atoms with Crippen molar-refractivity contribution >= 4 is 5.95 Å². The molecule has 14 heavy (non-hydrogen) atoms. The fourth-order valence-corrected chi connectivity index (χ4v) is 1.81. The molecule has 0 aromatic carbocycles. The van der Waals surface area contributed by atoms with E-state index in [-0.39, 0.29) is 0 Å². The maximum absolute atomic E-state index is 9.00. The number of piperidine rings is 1. The minimum atomic E-state index is 0.297. The fourth-order valence-electron chi connectivity index (χ4n) is 1.81. The van der Waals surface area contributed by atoms with E-state index in [9.17, 15) is 0 Å². The van der Waals surface area contributed by atoms with Crippen LogP contribution in [-0.2, 0) is 7.05 Å². The summed E-state index contributed by atoms with van der Waals surface area (Å²) in [6.45, 7) is 2.16. The van der Waals surface area contributed by atoms with E-state index >= 15 is 0 Å². The third-order valence-electron chi connectivity index (χ3n) is 2.75. The molecule has 78 valence electrons. The molecule has 1 fully saturated rings. The number of nitrogens with zero attached hydrogens (tertiary/aromatic N) is 5. The first kappa shape index (κ1) is 9.39. The van der Waals surface area contributed by atoms with Crippen LogP contribution in [0.3, 0.4) is 0 Å². The van der Waals surface area contributed by atoms with E-state index in [1.807, 2.05) is 7.05 Å². The van der Waals surface area contributed by atoms with Gasteiger partial charge in [0, 0.05) is 26.7 Å². The van der Waals surface area contributed by atoms with Gasteiger partial charge in [0.05, 0.1) is 0 Å². The Hall–Kier alpha value is -1.17. The summed E-state index contributed by atoms with van der Waals surface area (Å²) in [5, 5.41) is 20.4. The normalized spacial score (nSPS) is 18.9. The van der Waals surface area contributed by atoms with Crippen molar-refractivity contribution in [2.75, 3.05) is 24.6 Å². The molecule has 0 saturated carbocycles. The van der Waals surface area contributed by atoms with Gasteiger partial charge in [-0.05, 0) is 29.2 Å². The lowest BCUT2D eigenvalue weighted by Crippen LogP contribution is -2.36. The number of anilines is 1. The molecule has 0 bridgehead atoms. The fraction of sp³-hybridized carbons (Fsp3) is 0.875. The molecule has 2 heterocycles. The molecule has 1 saturated heterocycles. The number of aryl methyl sites for hydroxylation is 1. The molecule has 2 rings (SSSR count). The molecule has 0 spiro atoms. The first-order chi connectivity index (χ1) is 6.81. The van der Waals surface area contributed by atoms with Gasteiger partial charge in [0.1, 0.15) is 0 Å². The monoisotopic (exact) mass is 197 g/mol. The van der Waals surface area contributed by atoms with E-state index < -0.39 is 0 Å². The summed E-state index contributed by atoms with van der Waals surface area (Å²) < 4.78 is 1.68. The van der Waals surface area contributed by atoms with Crippen LogP contribution in [0.25, 0.3) is 0 Å². The van der Waals surface area contributed by atoms with Gasteiger partial charge in [-0.1, -0.05) is 5.10 Å². The lowest BCUT2D eigenvalue weighted by molar-refractivity contribution is 0.202. The summed E-state index contributed by atoms with van der Waals surface area (Å²) in [6.07, 6.45) is 2.03. The van der Waals surface area contributed by atoms with E-state index in [2.05, 4.69) is 20.4 Å². The maximum Gasteiger partial charge on any atom is 0.245 e. The van der Waals surface area contributed by atoms with E-state index in [0.717, 1.165) is 31.9 Å². The minimum Gasteiger partial charge on any atom is -0.396 e. The predicted molar refractivity (Wildman–Crippen MR) is 50.8 cm³/mol. The summed E-state index contributed by atoms with van der Waals surface area (Å²) >= 11 is 0. The molecule has 1 aromatic rings. The summed E-state index contributed by atoms with van der Waals surface area (Å²) in [6, 6.07) is 0. The second-order valence-electron chi connectivity index (χ2n) is 3.72. The summed E-state index contributed by atoms with van der Waals surface area (Å²) in [5.41, 5.74) is 0. The molecule has 1 N–H and O–H groups in total. The van der Waals surface area contributed by atoms with Crippen molar-refractivity contribution in [1.29, 1.82) is 0 Å². The zero-order valence-electron chi connectivity index (χ0n) is 8.30. The zero-order valence-corrected chi connectivity index (χ0v) is 8.30. The highest BCUT2D eigenvalue weighted by Crippen LogP contribution is 2.19. The Morgan fingerprint density at radius 1 is 1.43 bits per heavy atom. The molecule has 1 aliphatic heterocycles. The van der Waals surface area contributed by atoms with Crippen LogP contribution in [0.4, 0.5) is 5.95 Å². The third kappa shape index (κ3) is 1.70. The average Bonchev–Trinajstić information content (AvgIpc) is 2.65. The molecule has 6 heteroatoms. The van der Waals surface area contributed by atoms with Crippen LogP contribution in [0.5, 0.6) is 0 Å². The van der Waals surface area contributed by atoms with Gasteiger partial charge in [0.15, 0.2) is 0 Å². The van der Waals surface area contributed by atoms with Crippen LogP contribution < -0.4 is 4.90 Å². The standard InChI is InChI=1S/C8H15N5O/c1-12-8(9-10-11-12)13-4-2-7(6-14)3-5-13/h7,14H,2-6H2,1H3. The van der Waals surface area contributed by atoms with Crippen LogP contribution in [-0.4, -0.2) is 45.0 Å². The van der Waals surface area contributed by atoms with Crippen LogP contribution in [0, 0.1) is 5.92 Å². The van der Waals surface area contributed by atoms with Crippen molar-refractivity contribution in [2.24, 2.45) is 13.0 Å². The van der Waals surface area contributed by atoms with E-state index in [1.54, 1.807) is 4.68 Å². The van der Waals surface area contributed by atoms with Gasteiger partial charge in [0.25, 0.3) is 0 Å². The average molecular weight is 197 g/mol. The Kier molecular flexibility index (Phi) is 2.62. The molecular formula is C8H15N5O. The van der Waals surface area contributed by atoms with Crippen molar-refractivity contribution in [3.8, 4) is 0 Å². The van der Waals surface area contributed by atoms with Crippen LogP contribution >= 0.6 is 0 Å². The smallest absolute Gasteiger partial charge is 0.245 e. The van der Waals surface area contributed by atoms with E-state index in [1.165, 1.54) is 0 Å². The molecule has 0 amide bonds. The highest BCUT2D eigenvalue weighted by atomic mass is 16.3. The molecule has 1 aliphatic rings. The second-order valence-corrected chi connectivity index (χ2v) is 3.72. The SMILES string of the molecule is Cn1nnnc1N1CCC(CO)CC1. The molecular weight excluding hydrogens is 182 g/mol. The maximum atomic E-state index is 9.00. The third-order valence-corrected chi connectivity index (χ3v) is 2.75. The van der Waals surface area contributed by atoms with Crippen LogP contribution in [0.15, 0.2) is 0 Å². The molecule has 0 unspecified atom stereocenters. The summed E-state index contributed by atoms with van der Waals surface area (Å²) in [5.74, 6) is 1.27.